The Balaban J connectivity index is 0.00000232. The number of hydrogen-bond acceptors (Lipinski definition) is 2. The maximum Gasteiger partial charge on any atom is 0.317 e. The summed E-state index contributed by atoms with van der Waals surface area (Å²) in [5, 5.41) is 0. The Hall–Kier alpha value is -1.31. The van der Waals surface area contributed by atoms with Crippen molar-refractivity contribution >= 4 is 5.97 Å². The van der Waals surface area contributed by atoms with Crippen LogP contribution in [0.5, 0.6) is 5.75 Å². The molecule has 132 valence electrons. The van der Waals surface area contributed by atoms with Crippen molar-refractivity contribution in [3.63, 3.8) is 0 Å². The molecule has 0 bridgehead atoms. The van der Waals surface area contributed by atoms with Crippen LogP contribution in [-0.4, -0.2) is 5.97 Å². The first-order valence-electron chi connectivity index (χ1n) is 8.91. The molecular weight excluding hydrogens is 284 g/mol. The molecule has 0 saturated heterocycles. The van der Waals surface area contributed by atoms with Crippen LogP contribution in [0.15, 0.2) is 24.3 Å². The van der Waals surface area contributed by atoms with Gasteiger partial charge in [0.1, 0.15) is 5.75 Å². The van der Waals surface area contributed by atoms with Gasteiger partial charge in [0.2, 0.25) is 0 Å². The maximum absolute atomic E-state index is 12.5. The van der Waals surface area contributed by atoms with Gasteiger partial charge in [-0.2, -0.15) is 0 Å². The lowest BCUT2D eigenvalue weighted by molar-refractivity contribution is -0.146. The van der Waals surface area contributed by atoms with Gasteiger partial charge >= 0.3 is 5.97 Å². The summed E-state index contributed by atoms with van der Waals surface area (Å²) in [5.41, 5.74) is 0.942. The zero-order valence-electron chi connectivity index (χ0n) is 16.6. The van der Waals surface area contributed by atoms with Crippen molar-refractivity contribution in [2.75, 3.05) is 0 Å². The summed E-state index contributed by atoms with van der Waals surface area (Å²) in [6.45, 7) is 18.8. The van der Waals surface area contributed by atoms with Crippen LogP contribution in [-0.2, 0) is 10.2 Å². The zero-order valence-corrected chi connectivity index (χ0v) is 16.6. The van der Waals surface area contributed by atoms with Crippen LogP contribution >= 0.6 is 0 Å². The van der Waals surface area contributed by atoms with Crippen molar-refractivity contribution in [2.24, 2.45) is 11.3 Å². The summed E-state index contributed by atoms with van der Waals surface area (Å²) in [6, 6.07) is 7.86. The summed E-state index contributed by atoms with van der Waals surface area (Å²) in [4.78, 5) is 12.5. The van der Waals surface area contributed by atoms with Crippen LogP contribution in [0.4, 0.5) is 0 Å². The topological polar surface area (TPSA) is 26.3 Å². The van der Waals surface area contributed by atoms with Crippen molar-refractivity contribution in [3.05, 3.63) is 29.8 Å². The first-order valence-corrected chi connectivity index (χ1v) is 8.91. The Labute approximate surface area is 143 Å². The molecule has 0 heterocycles. The predicted octanol–water partition coefficient (Wildman–Crippen LogP) is 6.38. The van der Waals surface area contributed by atoms with Crippen LogP contribution in [0, 0.1) is 11.3 Å². The molecule has 0 aliphatic carbocycles. The minimum absolute atomic E-state index is 0.109. The van der Waals surface area contributed by atoms with Crippen LogP contribution in [0.2, 0.25) is 0 Å². The average molecular weight is 321 g/mol. The van der Waals surface area contributed by atoms with Gasteiger partial charge in [-0.05, 0) is 48.8 Å². The summed E-state index contributed by atoms with van der Waals surface area (Å²) in [7, 11) is 0. The number of carbonyl (C=O) groups is 1. The second kappa shape index (κ2) is 9.10. The van der Waals surface area contributed by atoms with E-state index in [1.54, 1.807) is 0 Å². The number of benzene rings is 1. The number of carbonyl (C=O) groups excluding carboxylic acids is 1. The van der Waals surface area contributed by atoms with Gasteiger partial charge in [0.25, 0.3) is 0 Å². The van der Waals surface area contributed by atoms with E-state index < -0.39 is 5.41 Å². The first-order chi connectivity index (χ1) is 10.6. The summed E-state index contributed by atoms with van der Waals surface area (Å²) < 4.78 is 5.60. The van der Waals surface area contributed by atoms with Crippen molar-refractivity contribution in [3.8, 4) is 5.75 Å². The molecule has 0 aliphatic heterocycles. The third kappa shape index (κ3) is 6.76. The Morgan fingerprint density at radius 3 is 1.87 bits per heavy atom. The van der Waals surface area contributed by atoms with E-state index in [2.05, 4.69) is 34.6 Å². The second-order valence-corrected chi connectivity index (χ2v) is 7.68. The summed E-state index contributed by atoms with van der Waals surface area (Å²) in [6.07, 6.45) is 1.65. The van der Waals surface area contributed by atoms with Gasteiger partial charge in [-0.25, -0.2) is 0 Å². The van der Waals surface area contributed by atoms with Crippen LogP contribution in [0.3, 0.4) is 0 Å². The number of ether oxygens (including phenoxy) is 1. The molecule has 1 unspecified atom stereocenters. The Morgan fingerprint density at radius 2 is 1.52 bits per heavy atom. The van der Waals surface area contributed by atoms with Crippen LogP contribution in [0.1, 0.15) is 80.7 Å². The van der Waals surface area contributed by atoms with E-state index in [0.717, 1.165) is 12.8 Å². The molecule has 1 rings (SSSR count). The molecule has 0 fully saturated rings. The van der Waals surface area contributed by atoms with E-state index in [9.17, 15) is 4.79 Å². The van der Waals surface area contributed by atoms with E-state index in [-0.39, 0.29) is 11.4 Å². The fourth-order valence-electron chi connectivity index (χ4n) is 2.53. The normalized spacial score (nSPS) is 13.8. The molecule has 0 amide bonds. The maximum atomic E-state index is 12.5. The van der Waals surface area contributed by atoms with Crippen LogP contribution in [0.25, 0.3) is 0 Å². The average Bonchev–Trinajstić information content (AvgIpc) is 2.48. The highest BCUT2D eigenvalue weighted by molar-refractivity contribution is 5.78. The van der Waals surface area contributed by atoms with E-state index in [4.69, 9.17) is 4.74 Å². The van der Waals surface area contributed by atoms with Gasteiger partial charge in [-0.15, -0.1) is 0 Å². The van der Waals surface area contributed by atoms with Gasteiger partial charge in [0.15, 0.2) is 0 Å². The zero-order chi connectivity index (χ0) is 18.3. The molecule has 2 nitrogen and oxygen atoms in total. The lowest BCUT2D eigenvalue weighted by Crippen LogP contribution is -2.32. The summed E-state index contributed by atoms with van der Waals surface area (Å²) >= 11 is 0. The smallest absolute Gasteiger partial charge is 0.317 e. The molecule has 1 aromatic carbocycles. The number of rotatable bonds is 5. The van der Waals surface area contributed by atoms with E-state index in [1.807, 2.05) is 52.0 Å². The fraction of sp³-hybridized carbons (Fsp3) is 0.667. The van der Waals surface area contributed by atoms with Crippen LogP contribution < -0.4 is 4.74 Å². The van der Waals surface area contributed by atoms with E-state index >= 15 is 0 Å². The highest BCUT2D eigenvalue weighted by Gasteiger charge is 2.34. The third-order valence-electron chi connectivity index (χ3n) is 4.06. The standard InChI is InChI=1S/C19H30O2.C2H6/c1-8-19(7,13-14(2)3)17(20)21-16-11-9-15(10-12-16)18(4,5)6;1-2/h9-12,14H,8,13H2,1-7H3;1-2H3. The molecule has 0 N–H and O–H groups in total. The van der Waals surface area contributed by atoms with Crippen molar-refractivity contribution in [1.82, 2.24) is 0 Å². The second-order valence-electron chi connectivity index (χ2n) is 7.68. The molecular formula is C21H36O2. The molecule has 0 aromatic heterocycles. The predicted molar refractivity (Wildman–Crippen MR) is 100.0 cm³/mol. The molecule has 2 heteroatoms. The van der Waals surface area contributed by atoms with Gasteiger partial charge in [-0.3, -0.25) is 4.79 Å². The minimum Gasteiger partial charge on any atom is -0.426 e. The monoisotopic (exact) mass is 320 g/mol. The molecule has 1 atom stereocenters. The molecule has 0 aliphatic rings. The fourth-order valence-corrected chi connectivity index (χ4v) is 2.53. The van der Waals surface area contributed by atoms with Crippen molar-refractivity contribution < 1.29 is 9.53 Å². The van der Waals surface area contributed by atoms with Gasteiger partial charge < -0.3 is 4.74 Å². The molecule has 0 saturated carbocycles. The Morgan fingerprint density at radius 1 is 1.04 bits per heavy atom. The van der Waals surface area contributed by atoms with Gasteiger partial charge in [0.05, 0.1) is 5.41 Å². The van der Waals surface area contributed by atoms with Crippen molar-refractivity contribution in [1.29, 1.82) is 0 Å². The lowest BCUT2D eigenvalue weighted by atomic mass is 9.80. The van der Waals surface area contributed by atoms with E-state index in [1.165, 1.54) is 5.56 Å². The van der Waals surface area contributed by atoms with Gasteiger partial charge in [0, 0.05) is 0 Å². The molecule has 0 spiro atoms. The lowest BCUT2D eigenvalue weighted by Gasteiger charge is -2.27. The quantitative estimate of drug-likeness (QED) is 0.465. The largest absolute Gasteiger partial charge is 0.426 e. The van der Waals surface area contributed by atoms with Gasteiger partial charge in [-0.1, -0.05) is 67.5 Å². The number of esters is 1. The molecule has 23 heavy (non-hydrogen) atoms. The molecule has 1 aromatic rings. The minimum atomic E-state index is -0.406. The number of hydrogen-bond donors (Lipinski definition) is 0. The SMILES string of the molecule is CC.CCC(C)(CC(C)C)C(=O)Oc1ccc(C(C)(C)C)cc1. The highest BCUT2D eigenvalue weighted by atomic mass is 16.5. The van der Waals surface area contributed by atoms with Crippen molar-refractivity contribution in [2.45, 2.75) is 80.6 Å². The first kappa shape index (κ1) is 21.7. The molecule has 0 radical (unpaired) electrons. The van der Waals surface area contributed by atoms with E-state index in [0.29, 0.717) is 11.7 Å². The Bertz CT molecular complexity index is 466. The summed E-state index contributed by atoms with van der Waals surface area (Å²) in [5.74, 6) is 0.990. The Kier molecular flexibility index (Phi) is 8.58. The highest BCUT2D eigenvalue weighted by Crippen LogP contribution is 2.32. The third-order valence-corrected chi connectivity index (χ3v) is 4.06.